The molecule has 1 aliphatic heterocycles. The van der Waals surface area contributed by atoms with Gasteiger partial charge in [0.2, 0.25) is 5.91 Å². The molecule has 2 aromatic rings. The van der Waals surface area contributed by atoms with E-state index in [-0.39, 0.29) is 5.57 Å². The number of benzene rings is 2. The molecule has 3 rings (SSSR count). The van der Waals surface area contributed by atoms with Crippen molar-refractivity contribution in [3.05, 3.63) is 74.2 Å². The van der Waals surface area contributed by atoms with Gasteiger partial charge in [-0.25, -0.2) is 0 Å². The van der Waals surface area contributed by atoms with Crippen molar-refractivity contribution >= 4 is 46.8 Å². The fourth-order valence-electron chi connectivity index (χ4n) is 3.28. The molecule has 9 heteroatoms. The van der Waals surface area contributed by atoms with E-state index >= 15 is 0 Å². The third-order valence-electron chi connectivity index (χ3n) is 4.85. The Morgan fingerprint density at radius 1 is 1.19 bits per heavy atom. The second kappa shape index (κ2) is 10.1. The summed E-state index contributed by atoms with van der Waals surface area (Å²) >= 11 is 13.4. The summed E-state index contributed by atoms with van der Waals surface area (Å²) in [7, 11) is 2.75. The number of methoxy groups -OCH3 is 2. The second-order valence-electron chi connectivity index (χ2n) is 6.62. The minimum absolute atomic E-state index is 0.273. The van der Waals surface area contributed by atoms with Crippen molar-refractivity contribution in [2.45, 2.75) is 11.7 Å². The highest BCUT2D eigenvalue weighted by Crippen LogP contribution is 2.41. The largest absolute Gasteiger partial charge is 0.497 e. The molecule has 1 aliphatic rings. The Morgan fingerprint density at radius 2 is 1.90 bits per heavy atom. The van der Waals surface area contributed by atoms with Crippen LogP contribution < -0.4 is 10.1 Å². The van der Waals surface area contributed by atoms with Crippen molar-refractivity contribution in [2.75, 3.05) is 14.2 Å². The van der Waals surface area contributed by atoms with Crippen LogP contribution in [0, 0.1) is 17.2 Å². The van der Waals surface area contributed by atoms with Gasteiger partial charge in [-0.05, 0) is 35.4 Å². The lowest BCUT2D eigenvalue weighted by molar-refractivity contribution is -0.150. The van der Waals surface area contributed by atoms with Crippen LogP contribution in [0.3, 0.4) is 0 Å². The Labute approximate surface area is 194 Å². The topological polar surface area (TPSA) is 88.4 Å². The van der Waals surface area contributed by atoms with E-state index in [1.807, 2.05) is 0 Å². The maximum atomic E-state index is 12.9. The average Bonchev–Trinajstić information content (AvgIpc) is 2.77. The van der Waals surface area contributed by atoms with Gasteiger partial charge >= 0.3 is 5.97 Å². The lowest BCUT2D eigenvalue weighted by Crippen LogP contribution is -2.44. The van der Waals surface area contributed by atoms with Crippen LogP contribution in [-0.4, -0.2) is 26.1 Å². The van der Waals surface area contributed by atoms with E-state index in [0.29, 0.717) is 32.1 Å². The Balaban J connectivity index is 2.02. The van der Waals surface area contributed by atoms with Crippen molar-refractivity contribution in [3.8, 4) is 11.8 Å². The third kappa shape index (κ3) is 4.99. The van der Waals surface area contributed by atoms with E-state index in [2.05, 4.69) is 11.4 Å². The first-order chi connectivity index (χ1) is 14.9. The molecule has 6 nitrogen and oxygen atoms in total. The van der Waals surface area contributed by atoms with E-state index in [4.69, 9.17) is 32.7 Å². The van der Waals surface area contributed by atoms with Gasteiger partial charge in [0.15, 0.2) is 0 Å². The molecular formula is C22H18Cl2N2O4S. The molecule has 0 saturated heterocycles. The second-order valence-corrected chi connectivity index (χ2v) is 8.45. The maximum absolute atomic E-state index is 12.9. The summed E-state index contributed by atoms with van der Waals surface area (Å²) in [4.78, 5) is 25.3. The SMILES string of the molecule is COC(=O)[C@H]1C(=O)NC(SCc2ccc(Cl)cc2Cl)=C(C#N)[C@H]1c1ccc(OC)cc1. The molecule has 2 atom stereocenters. The monoisotopic (exact) mass is 476 g/mol. The summed E-state index contributed by atoms with van der Waals surface area (Å²) in [6, 6.07) is 14.2. The lowest BCUT2D eigenvalue weighted by atomic mass is 9.78. The van der Waals surface area contributed by atoms with E-state index in [9.17, 15) is 14.9 Å². The highest BCUT2D eigenvalue weighted by atomic mass is 35.5. The summed E-state index contributed by atoms with van der Waals surface area (Å²) in [6.45, 7) is 0. The zero-order chi connectivity index (χ0) is 22.5. The average molecular weight is 477 g/mol. The molecular weight excluding hydrogens is 459 g/mol. The highest BCUT2D eigenvalue weighted by Gasteiger charge is 2.44. The number of carbonyl (C=O) groups excluding carboxylic acids is 2. The Kier molecular flexibility index (Phi) is 7.50. The Bertz CT molecular complexity index is 1080. The van der Waals surface area contributed by atoms with E-state index in [0.717, 1.165) is 5.56 Å². The number of thioether (sulfide) groups is 1. The third-order valence-corrected chi connectivity index (χ3v) is 6.50. The molecule has 0 spiro atoms. The summed E-state index contributed by atoms with van der Waals surface area (Å²) in [5.74, 6) is -2.20. The van der Waals surface area contributed by atoms with Crippen LogP contribution in [0.2, 0.25) is 10.0 Å². The van der Waals surface area contributed by atoms with Crippen LogP contribution in [0.5, 0.6) is 5.75 Å². The summed E-state index contributed by atoms with van der Waals surface area (Å²) < 4.78 is 10.0. The van der Waals surface area contributed by atoms with Crippen molar-refractivity contribution < 1.29 is 19.1 Å². The minimum Gasteiger partial charge on any atom is -0.497 e. The molecule has 0 fully saturated rings. The molecule has 2 aromatic carbocycles. The van der Waals surface area contributed by atoms with E-state index in [1.165, 1.54) is 26.0 Å². The van der Waals surface area contributed by atoms with Crippen LogP contribution in [0.15, 0.2) is 53.1 Å². The molecule has 0 bridgehead atoms. The summed E-state index contributed by atoms with van der Waals surface area (Å²) in [5.41, 5.74) is 1.70. The molecule has 1 heterocycles. The zero-order valence-electron chi connectivity index (χ0n) is 16.6. The van der Waals surface area contributed by atoms with Gasteiger partial charge in [-0.3, -0.25) is 9.59 Å². The fourth-order valence-corrected chi connectivity index (χ4v) is 4.89. The first-order valence-electron chi connectivity index (χ1n) is 9.13. The number of nitriles is 1. The van der Waals surface area contributed by atoms with Gasteiger partial charge in [-0.2, -0.15) is 5.26 Å². The van der Waals surface area contributed by atoms with Crippen molar-refractivity contribution in [3.63, 3.8) is 0 Å². The standard InChI is InChI=1S/C22H18Cl2N2O4S/c1-29-15-7-4-12(5-8-15)18-16(10-25)21(26-20(27)19(18)22(28)30-2)31-11-13-3-6-14(23)9-17(13)24/h3-9,18-19H,11H2,1-2H3,(H,26,27)/t18-,19-/m1/s1. The van der Waals surface area contributed by atoms with Crippen molar-refractivity contribution in [1.82, 2.24) is 5.32 Å². The summed E-state index contributed by atoms with van der Waals surface area (Å²) in [5, 5.41) is 14.0. The number of nitrogens with zero attached hydrogens (tertiary/aromatic N) is 1. The van der Waals surface area contributed by atoms with Gasteiger partial charge in [0.1, 0.15) is 11.7 Å². The zero-order valence-corrected chi connectivity index (χ0v) is 19.0. The number of ether oxygens (including phenoxy) is 2. The van der Waals surface area contributed by atoms with Gasteiger partial charge in [-0.15, -0.1) is 11.8 Å². The molecule has 0 saturated carbocycles. The summed E-state index contributed by atoms with van der Waals surface area (Å²) in [6.07, 6.45) is 0. The maximum Gasteiger partial charge on any atom is 0.319 e. The Morgan fingerprint density at radius 3 is 2.48 bits per heavy atom. The van der Waals surface area contributed by atoms with Crippen molar-refractivity contribution in [2.24, 2.45) is 5.92 Å². The number of hydrogen-bond acceptors (Lipinski definition) is 6. The molecule has 1 N–H and O–H groups in total. The lowest BCUT2D eigenvalue weighted by Gasteiger charge is -2.31. The van der Waals surface area contributed by atoms with Crippen LogP contribution >= 0.6 is 35.0 Å². The van der Waals surface area contributed by atoms with E-state index in [1.54, 1.807) is 42.5 Å². The Hall–Kier alpha value is -2.66. The molecule has 160 valence electrons. The number of carbonyl (C=O) groups is 2. The number of esters is 1. The van der Waals surface area contributed by atoms with Gasteiger partial charge in [0.25, 0.3) is 0 Å². The number of rotatable bonds is 6. The van der Waals surface area contributed by atoms with Gasteiger partial charge in [0.05, 0.1) is 30.9 Å². The fraction of sp³-hybridized carbons (Fsp3) is 0.227. The molecule has 0 aliphatic carbocycles. The predicted octanol–water partition coefficient (Wildman–Crippen LogP) is 4.67. The van der Waals surface area contributed by atoms with Crippen molar-refractivity contribution in [1.29, 1.82) is 5.26 Å². The molecule has 0 radical (unpaired) electrons. The van der Waals surface area contributed by atoms with Gasteiger partial charge in [0, 0.05) is 21.7 Å². The predicted molar refractivity (Wildman–Crippen MR) is 120 cm³/mol. The van der Waals surface area contributed by atoms with Crippen LogP contribution in [0.4, 0.5) is 0 Å². The number of halogens is 2. The highest BCUT2D eigenvalue weighted by molar-refractivity contribution is 8.02. The smallest absolute Gasteiger partial charge is 0.319 e. The number of hydrogen-bond donors (Lipinski definition) is 1. The normalized spacial score (nSPS) is 18.2. The molecule has 31 heavy (non-hydrogen) atoms. The number of allylic oxidation sites excluding steroid dienone is 1. The minimum atomic E-state index is -1.18. The quantitative estimate of drug-likeness (QED) is 0.481. The first-order valence-corrected chi connectivity index (χ1v) is 10.9. The van der Waals surface area contributed by atoms with Gasteiger partial charge in [-0.1, -0.05) is 41.4 Å². The van der Waals surface area contributed by atoms with Crippen LogP contribution in [0.25, 0.3) is 0 Å². The number of amides is 1. The first kappa shape index (κ1) is 23.0. The molecule has 0 aromatic heterocycles. The molecule has 1 amide bonds. The molecule has 0 unspecified atom stereocenters. The van der Waals surface area contributed by atoms with Crippen LogP contribution in [-0.2, 0) is 20.1 Å². The van der Waals surface area contributed by atoms with E-state index < -0.39 is 23.7 Å². The van der Waals surface area contributed by atoms with Crippen LogP contribution in [0.1, 0.15) is 17.0 Å². The van der Waals surface area contributed by atoms with Gasteiger partial charge < -0.3 is 14.8 Å². The number of nitrogens with one attached hydrogen (secondary N) is 1.